The molecule has 3 aromatic rings. The minimum atomic E-state index is 0.488. The molecule has 0 amide bonds. The second kappa shape index (κ2) is 4.47. The average molecular weight is 304 g/mol. The van der Waals surface area contributed by atoms with E-state index in [1.165, 1.54) is 0 Å². The fourth-order valence-electron chi connectivity index (χ4n) is 1.68. The van der Waals surface area contributed by atoms with Gasteiger partial charge in [-0.05, 0) is 33.6 Å². The van der Waals surface area contributed by atoms with Gasteiger partial charge in [-0.15, -0.1) is 0 Å². The Morgan fingerprint density at radius 1 is 1.22 bits per heavy atom. The van der Waals surface area contributed by atoms with Crippen LogP contribution in [0.25, 0.3) is 22.7 Å². The van der Waals surface area contributed by atoms with E-state index < -0.39 is 0 Å². The van der Waals surface area contributed by atoms with Gasteiger partial charge < -0.3 is 10.7 Å². The smallest absolute Gasteiger partial charge is 0.178 e. The van der Waals surface area contributed by atoms with Crippen molar-refractivity contribution in [2.75, 3.05) is 0 Å². The maximum Gasteiger partial charge on any atom is 0.178 e. The van der Waals surface area contributed by atoms with Gasteiger partial charge in [-0.2, -0.15) is 0 Å². The molecule has 0 bridgehead atoms. The van der Waals surface area contributed by atoms with Crippen molar-refractivity contribution in [1.29, 1.82) is 0 Å². The van der Waals surface area contributed by atoms with E-state index in [4.69, 9.17) is 5.73 Å². The lowest BCUT2D eigenvalue weighted by molar-refractivity contribution is 1.05. The van der Waals surface area contributed by atoms with E-state index in [9.17, 15) is 0 Å². The van der Waals surface area contributed by atoms with Gasteiger partial charge in [-0.3, -0.25) is 4.98 Å². The van der Waals surface area contributed by atoms with E-state index in [2.05, 4.69) is 35.9 Å². The molecule has 3 rings (SSSR count). The summed E-state index contributed by atoms with van der Waals surface area (Å²) < 4.78 is 0.914. The van der Waals surface area contributed by atoms with Crippen LogP contribution in [0.3, 0.4) is 0 Å². The zero-order valence-corrected chi connectivity index (χ0v) is 11.0. The molecule has 0 fully saturated rings. The zero-order chi connectivity index (χ0) is 12.5. The largest absolute Gasteiger partial charge is 0.335 e. The number of nitrogens with one attached hydrogen (secondary N) is 1. The SMILES string of the molecule is NCc1ccc(-c2nc3ncc(Br)cc3[nH]2)nc1. The molecule has 3 heterocycles. The Morgan fingerprint density at radius 2 is 2.11 bits per heavy atom. The summed E-state index contributed by atoms with van der Waals surface area (Å²) in [6, 6.07) is 5.78. The van der Waals surface area contributed by atoms with Crippen LogP contribution in [-0.2, 0) is 6.54 Å². The van der Waals surface area contributed by atoms with Crippen molar-refractivity contribution in [3.8, 4) is 11.5 Å². The van der Waals surface area contributed by atoms with Gasteiger partial charge in [-0.1, -0.05) is 6.07 Å². The van der Waals surface area contributed by atoms with Crippen LogP contribution in [-0.4, -0.2) is 19.9 Å². The summed E-state index contributed by atoms with van der Waals surface area (Å²) in [4.78, 5) is 16.1. The molecule has 3 aromatic heterocycles. The summed E-state index contributed by atoms with van der Waals surface area (Å²) in [6.07, 6.45) is 3.48. The van der Waals surface area contributed by atoms with Crippen molar-refractivity contribution in [2.45, 2.75) is 6.54 Å². The quantitative estimate of drug-likeness (QED) is 0.761. The standard InChI is InChI=1S/C12H10BrN5/c13-8-3-10-11(16-6-8)18-12(17-10)9-2-1-7(4-14)5-15-9/h1-3,5-6H,4,14H2,(H,16,17,18). The summed E-state index contributed by atoms with van der Waals surface area (Å²) in [5.41, 5.74) is 8.87. The van der Waals surface area contributed by atoms with E-state index in [-0.39, 0.29) is 0 Å². The molecule has 18 heavy (non-hydrogen) atoms. The molecular formula is C12H10BrN5. The Kier molecular flexibility index (Phi) is 2.81. The van der Waals surface area contributed by atoms with Crippen LogP contribution in [0.4, 0.5) is 0 Å². The first-order chi connectivity index (χ1) is 8.76. The first-order valence-corrected chi connectivity index (χ1v) is 6.22. The number of nitrogens with zero attached hydrogens (tertiary/aromatic N) is 3. The van der Waals surface area contributed by atoms with Crippen LogP contribution < -0.4 is 5.73 Å². The molecule has 90 valence electrons. The molecule has 0 saturated carbocycles. The van der Waals surface area contributed by atoms with E-state index in [0.717, 1.165) is 21.2 Å². The second-order valence-corrected chi connectivity index (χ2v) is 4.78. The molecule has 0 atom stereocenters. The highest BCUT2D eigenvalue weighted by Crippen LogP contribution is 2.20. The summed E-state index contributed by atoms with van der Waals surface area (Å²) in [5, 5.41) is 0. The molecule has 0 radical (unpaired) electrons. The Balaban J connectivity index is 2.07. The van der Waals surface area contributed by atoms with Gasteiger partial charge >= 0.3 is 0 Å². The van der Waals surface area contributed by atoms with E-state index in [1.54, 1.807) is 12.4 Å². The van der Waals surface area contributed by atoms with Crippen LogP contribution >= 0.6 is 15.9 Å². The third-order valence-corrected chi connectivity index (χ3v) is 3.04. The number of aromatic nitrogens is 4. The third kappa shape index (κ3) is 2.00. The molecule has 0 aromatic carbocycles. The van der Waals surface area contributed by atoms with Crippen LogP contribution in [0.2, 0.25) is 0 Å². The summed E-state index contributed by atoms with van der Waals surface area (Å²) in [5.74, 6) is 0.708. The second-order valence-electron chi connectivity index (χ2n) is 3.87. The maximum absolute atomic E-state index is 5.54. The van der Waals surface area contributed by atoms with Crippen LogP contribution in [0.15, 0.2) is 35.1 Å². The third-order valence-electron chi connectivity index (χ3n) is 2.61. The van der Waals surface area contributed by atoms with E-state index in [0.29, 0.717) is 18.0 Å². The van der Waals surface area contributed by atoms with Gasteiger partial charge in [0.2, 0.25) is 0 Å². The topological polar surface area (TPSA) is 80.5 Å². The van der Waals surface area contributed by atoms with Crippen molar-refractivity contribution in [2.24, 2.45) is 5.73 Å². The minimum Gasteiger partial charge on any atom is -0.335 e. The number of halogens is 1. The van der Waals surface area contributed by atoms with Crippen LogP contribution in [0, 0.1) is 0 Å². The minimum absolute atomic E-state index is 0.488. The fourth-order valence-corrected chi connectivity index (χ4v) is 2.01. The normalized spacial score (nSPS) is 11.0. The maximum atomic E-state index is 5.54. The average Bonchev–Trinajstić information content (AvgIpc) is 2.81. The van der Waals surface area contributed by atoms with Gasteiger partial charge in [0.1, 0.15) is 5.69 Å². The fraction of sp³-hybridized carbons (Fsp3) is 0.0833. The lowest BCUT2D eigenvalue weighted by atomic mass is 10.2. The monoisotopic (exact) mass is 303 g/mol. The van der Waals surface area contributed by atoms with Gasteiger partial charge in [-0.25, -0.2) is 9.97 Å². The number of aromatic amines is 1. The van der Waals surface area contributed by atoms with Gasteiger partial charge in [0.15, 0.2) is 11.5 Å². The molecule has 6 heteroatoms. The number of fused-ring (bicyclic) bond motifs is 1. The number of hydrogen-bond donors (Lipinski definition) is 2. The van der Waals surface area contributed by atoms with Crippen molar-refractivity contribution in [3.05, 3.63) is 40.6 Å². The van der Waals surface area contributed by atoms with Crippen molar-refractivity contribution < 1.29 is 0 Å². The highest BCUT2D eigenvalue weighted by molar-refractivity contribution is 9.10. The molecule has 0 aliphatic heterocycles. The molecule has 0 spiro atoms. The highest BCUT2D eigenvalue weighted by Gasteiger charge is 2.07. The van der Waals surface area contributed by atoms with Crippen LogP contribution in [0.5, 0.6) is 0 Å². The molecule has 0 saturated heterocycles. The zero-order valence-electron chi connectivity index (χ0n) is 9.39. The van der Waals surface area contributed by atoms with Crippen LogP contribution in [0.1, 0.15) is 5.56 Å². The van der Waals surface area contributed by atoms with Crippen molar-refractivity contribution in [3.63, 3.8) is 0 Å². The highest BCUT2D eigenvalue weighted by atomic mass is 79.9. The number of rotatable bonds is 2. The number of imidazole rings is 1. The lowest BCUT2D eigenvalue weighted by Crippen LogP contribution is -1.97. The van der Waals surface area contributed by atoms with Crippen molar-refractivity contribution >= 4 is 27.1 Å². The molecule has 5 nitrogen and oxygen atoms in total. The number of hydrogen-bond acceptors (Lipinski definition) is 4. The molecule has 0 aliphatic carbocycles. The Hall–Kier alpha value is -1.79. The Morgan fingerprint density at radius 3 is 2.83 bits per heavy atom. The van der Waals surface area contributed by atoms with Gasteiger partial charge in [0.25, 0.3) is 0 Å². The van der Waals surface area contributed by atoms with Gasteiger partial charge in [0, 0.05) is 23.4 Å². The number of pyridine rings is 2. The van der Waals surface area contributed by atoms with E-state index >= 15 is 0 Å². The summed E-state index contributed by atoms with van der Waals surface area (Å²) in [7, 11) is 0. The molecular weight excluding hydrogens is 294 g/mol. The van der Waals surface area contributed by atoms with Crippen molar-refractivity contribution in [1.82, 2.24) is 19.9 Å². The first-order valence-electron chi connectivity index (χ1n) is 5.43. The molecule has 3 N–H and O–H groups in total. The number of nitrogens with two attached hydrogens (primary N) is 1. The van der Waals surface area contributed by atoms with Gasteiger partial charge in [0.05, 0.1) is 5.52 Å². The first kappa shape index (κ1) is 11.3. The molecule has 0 unspecified atom stereocenters. The summed E-state index contributed by atoms with van der Waals surface area (Å²) in [6.45, 7) is 0.488. The summed E-state index contributed by atoms with van der Waals surface area (Å²) >= 11 is 3.38. The lowest BCUT2D eigenvalue weighted by Gasteiger charge is -1.97. The number of H-pyrrole nitrogens is 1. The Bertz CT molecular complexity index is 689. The Labute approximate surface area is 112 Å². The predicted octanol–water partition coefficient (Wildman–Crippen LogP) is 2.24. The van der Waals surface area contributed by atoms with E-state index in [1.807, 2.05) is 18.2 Å². The molecule has 0 aliphatic rings. The predicted molar refractivity (Wildman–Crippen MR) is 72.7 cm³/mol.